The normalized spacial score (nSPS) is 11.0. The van der Waals surface area contributed by atoms with E-state index < -0.39 is 12.1 Å². The molecule has 6 rings (SSSR count). The number of nitrogens with one attached hydrogen (secondary N) is 1. The van der Waals surface area contributed by atoms with Crippen molar-refractivity contribution in [3.63, 3.8) is 0 Å². The van der Waals surface area contributed by atoms with Crippen LogP contribution >= 0.6 is 11.6 Å². The summed E-state index contributed by atoms with van der Waals surface area (Å²) in [6.07, 6.45) is 0.635. The van der Waals surface area contributed by atoms with Crippen LogP contribution in [0.4, 0.5) is 4.79 Å². The van der Waals surface area contributed by atoms with E-state index in [1.54, 1.807) is 24.3 Å². The zero-order valence-electron chi connectivity index (χ0n) is 27.2. The number of nitrogens with zero attached hydrogens (tertiary/aromatic N) is 1. The third kappa shape index (κ3) is 8.13. The average molecular weight is 673 g/mol. The van der Waals surface area contributed by atoms with E-state index in [9.17, 15) is 9.59 Å². The fourth-order valence-corrected chi connectivity index (χ4v) is 6.32. The highest BCUT2D eigenvalue weighted by molar-refractivity contribution is 6.31. The molecule has 1 N–H and O–H groups in total. The summed E-state index contributed by atoms with van der Waals surface area (Å²) in [4.78, 5) is 24.7. The number of alkyl carbamates (subject to hydrolysis) is 1. The Bertz CT molecular complexity index is 1960. The van der Waals surface area contributed by atoms with Gasteiger partial charge >= 0.3 is 12.1 Å². The Kier molecular flexibility index (Phi) is 10.9. The zero-order valence-corrected chi connectivity index (χ0v) is 27.9. The smallest absolute Gasteiger partial charge is 0.407 e. The van der Waals surface area contributed by atoms with Crippen LogP contribution in [-0.2, 0) is 28.9 Å². The van der Waals surface area contributed by atoms with Crippen molar-refractivity contribution >= 4 is 34.6 Å². The summed E-state index contributed by atoms with van der Waals surface area (Å²) in [7, 11) is 1.36. The third-order valence-electron chi connectivity index (χ3n) is 8.41. The Morgan fingerprint density at radius 1 is 0.776 bits per heavy atom. The highest BCUT2D eigenvalue weighted by Crippen LogP contribution is 2.37. The van der Waals surface area contributed by atoms with Crippen LogP contribution in [-0.4, -0.2) is 36.9 Å². The molecule has 248 valence electrons. The highest BCUT2D eigenvalue weighted by atomic mass is 35.5. The van der Waals surface area contributed by atoms with E-state index in [2.05, 4.69) is 64.5 Å². The molecule has 1 amide bonds. The third-order valence-corrected chi connectivity index (χ3v) is 8.65. The summed E-state index contributed by atoms with van der Waals surface area (Å²) < 4.78 is 18.9. The number of hydrogen-bond acceptors (Lipinski definition) is 5. The van der Waals surface area contributed by atoms with Crippen LogP contribution in [0.5, 0.6) is 5.75 Å². The van der Waals surface area contributed by atoms with Crippen molar-refractivity contribution in [3.05, 3.63) is 172 Å². The predicted octanol–water partition coefficient (Wildman–Crippen LogP) is 8.81. The van der Waals surface area contributed by atoms with Crippen LogP contribution in [0.15, 0.2) is 133 Å². The molecule has 0 saturated carbocycles. The number of aromatic nitrogens is 1. The minimum Gasteiger partial charge on any atom is -0.493 e. The summed E-state index contributed by atoms with van der Waals surface area (Å²) in [5.41, 5.74) is 6.81. The fourth-order valence-electron chi connectivity index (χ4n) is 6.15. The van der Waals surface area contributed by atoms with Crippen molar-refractivity contribution in [1.82, 2.24) is 9.88 Å². The molecule has 5 aromatic carbocycles. The lowest BCUT2D eigenvalue weighted by atomic mass is 9.97. The van der Waals surface area contributed by atoms with Crippen molar-refractivity contribution in [1.29, 1.82) is 0 Å². The zero-order chi connectivity index (χ0) is 34.0. The van der Waals surface area contributed by atoms with Crippen LogP contribution in [0, 0.1) is 0 Å². The number of carbonyl (C=O) groups excluding carboxylic acids is 2. The fraction of sp³-hybridized carbons (Fsp3) is 0.171. The molecule has 0 aliphatic rings. The van der Waals surface area contributed by atoms with Crippen molar-refractivity contribution in [2.45, 2.75) is 25.5 Å². The second-order valence-electron chi connectivity index (χ2n) is 11.5. The second-order valence-corrected chi connectivity index (χ2v) is 12.0. The maximum atomic E-state index is 12.8. The number of fused-ring (bicyclic) bond motifs is 1. The van der Waals surface area contributed by atoms with E-state index in [1.165, 1.54) is 7.11 Å². The number of hydrogen-bond donors (Lipinski definition) is 1. The molecule has 0 bridgehead atoms. The minimum absolute atomic E-state index is 0.147. The molecule has 0 radical (unpaired) electrons. The van der Waals surface area contributed by atoms with Crippen LogP contribution in [0.2, 0.25) is 5.02 Å². The first-order valence-corrected chi connectivity index (χ1v) is 16.6. The van der Waals surface area contributed by atoms with Gasteiger partial charge in [-0.2, -0.15) is 0 Å². The standard InChI is InChI=1S/C41H37ClN2O5/c1-47-40(45)32-17-20-34(21-18-32)48-26-24-35-36-27-33(42)19-22-37(36)44(39(30-13-7-3-8-14-30)31-15-9-4-10-16-31)38(35)23-25-43-41(46)49-28-29-11-5-2-6-12-29/h2-22,27,39H,23-26,28H2,1H3,(H,43,46). The van der Waals surface area contributed by atoms with Gasteiger partial charge in [0.15, 0.2) is 0 Å². The number of benzene rings is 5. The predicted molar refractivity (Wildman–Crippen MR) is 192 cm³/mol. The Morgan fingerprint density at radius 3 is 2.04 bits per heavy atom. The number of amides is 1. The summed E-state index contributed by atoms with van der Waals surface area (Å²) in [6.45, 7) is 0.930. The molecule has 1 heterocycles. The molecule has 0 fully saturated rings. The first kappa shape index (κ1) is 33.4. The Hall–Kier alpha value is -5.53. The largest absolute Gasteiger partial charge is 0.493 e. The number of rotatable bonds is 13. The minimum atomic E-state index is -0.475. The molecular formula is C41H37ClN2O5. The van der Waals surface area contributed by atoms with E-state index in [0.29, 0.717) is 42.3 Å². The molecular weight excluding hydrogens is 636 g/mol. The van der Waals surface area contributed by atoms with E-state index in [1.807, 2.05) is 54.6 Å². The first-order valence-electron chi connectivity index (χ1n) is 16.2. The van der Waals surface area contributed by atoms with Gasteiger partial charge < -0.3 is 24.1 Å². The average Bonchev–Trinajstić information content (AvgIpc) is 3.43. The molecule has 0 atom stereocenters. The number of carbonyl (C=O) groups is 2. The van der Waals surface area contributed by atoms with E-state index >= 15 is 0 Å². The lowest BCUT2D eigenvalue weighted by molar-refractivity contribution is 0.0600. The van der Waals surface area contributed by atoms with Gasteiger partial charge in [0.05, 0.1) is 25.3 Å². The lowest BCUT2D eigenvalue weighted by Gasteiger charge is -2.25. The Balaban J connectivity index is 1.35. The number of halogens is 1. The molecule has 0 saturated heterocycles. The SMILES string of the molecule is COC(=O)c1ccc(OCCc2c(CCNC(=O)OCc3ccccc3)n(C(c3ccccc3)c3ccccc3)c3ccc(Cl)cc23)cc1. The van der Waals surface area contributed by atoms with Gasteiger partial charge in [0, 0.05) is 41.0 Å². The van der Waals surface area contributed by atoms with Gasteiger partial charge in [0.25, 0.3) is 0 Å². The summed E-state index contributed by atoms with van der Waals surface area (Å²) in [6, 6.07) is 43.2. The Morgan fingerprint density at radius 2 is 1.41 bits per heavy atom. The molecule has 7 nitrogen and oxygen atoms in total. The van der Waals surface area contributed by atoms with Gasteiger partial charge in [0.1, 0.15) is 12.4 Å². The van der Waals surface area contributed by atoms with Gasteiger partial charge in [-0.05, 0) is 64.7 Å². The number of esters is 1. The quantitative estimate of drug-likeness (QED) is 0.124. The summed E-state index contributed by atoms with van der Waals surface area (Å²) in [5.74, 6) is 0.245. The first-order chi connectivity index (χ1) is 24.0. The summed E-state index contributed by atoms with van der Waals surface area (Å²) >= 11 is 6.63. The monoisotopic (exact) mass is 672 g/mol. The van der Waals surface area contributed by atoms with Crippen molar-refractivity contribution in [3.8, 4) is 5.75 Å². The van der Waals surface area contributed by atoms with Crippen LogP contribution in [0.3, 0.4) is 0 Å². The molecule has 0 spiro atoms. The second kappa shape index (κ2) is 16.0. The van der Waals surface area contributed by atoms with E-state index in [-0.39, 0.29) is 12.6 Å². The topological polar surface area (TPSA) is 78.8 Å². The van der Waals surface area contributed by atoms with E-state index in [4.69, 9.17) is 25.8 Å². The number of methoxy groups -OCH3 is 1. The van der Waals surface area contributed by atoms with E-state index in [0.717, 1.165) is 38.9 Å². The van der Waals surface area contributed by atoms with Gasteiger partial charge in [-0.15, -0.1) is 0 Å². The molecule has 0 unspecified atom stereocenters. The summed E-state index contributed by atoms with van der Waals surface area (Å²) in [5, 5.41) is 4.62. The maximum Gasteiger partial charge on any atom is 0.407 e. The lowest BCUT2D eigenvalue weighted by Crippen LogP contribution is -2.28. The molecule has 0 aliphatic heterocycles. The van der Waals surface area contributed by atoms with Gasteiger partial charge in [-0.1, -0.05) is 103 Å². The highest BCUT2D eigenvalue weighted by Gasteiger charge is 2.25. The van der Waals surface area contributed by atoms with Crippen LogP contribution in [0.25, 0.3) is 10.9 Å². The molecule has 6 aromatic rings. The molecule has 1 aromatic heterocycles. The van der Waals surface area contributed by atoms with Gasteiger partial charge in [0.2, 0.25) is 0 Å². The van der Waals surface area contributed by atoms with Crippen LogP contribution < -0.4 is 10.1 Å². The molecule has 0 aliphatic carbocycles. The number of ether oxygens (including phenoxy) is 3. The maximum absolute atomic E-state index is 12.8. The van der Waals surface area contributed by atoms with Crippen molar-refractivity contribution in [2.75, 3.05) is 20.3 Å². The Labute approximate surface area is 291 Å². The van der Waals surface area contributed by atoms with Crippen molar-refractivity contribution in [2.24, 2.45) is 0 Å². The van der Waals surface area contributed by atoms with Gasteiger partial charge in [-0.3, -0.25) is 0 Å². The van der Waals surface area contributed by atoms with Crippen molar-refractivity contribution < 1.29 is 23.8 Å². The van der Waals surface area contributed by atoms with Crippen LogP contribution in [0.1, 0.15) is 44.3 Å². The molecule has 49 heavy (non-hydrogen) atoms. The van der Waals surface area contributed by atoms with Gasteiger partial charge in [-0.25, -0.2) is 9.59 Å². The molecule has 8 heteroatoms.